The summed E-state index contributed by atoms with van der Waals surface area (Å²) in [7, 11) is -1.48. The normalized spacial score (nSPS) is 13.1. The lowest BCUT2D eigenvalue weighted by molar-refractivity contribution is 0.660. The van der Waals surface area contributed by atoms with E-state index in [4.69, 9.17) is 0 Å². The number of aromatic nitrogens is 1. The zero-order chi connectivity index (χ0) is 38.9. The zero-order valence-electron chi connectivity index (χ0n) is 33.3. The van der Waals surface area contributed by atoms with Crippen LogP contribution in [0, 0.1) is 0 Å². The number of para-hydroxylation sites is 2. The van der Waals surface area contributed by atoms with Crippen LogP contribution in [0.5, 0.6) is 0 Å². The van der Waals surface area contributed by atoms with Crippen LogP contribution in [0.4, 0.5) is 17.1 Å². The van der Waals surface area contributed by atoms with E-state index in [1.807, 2.05) is 0 Å². The van der Waals surface area contributed by atoms with E-state index in [0.717, 1.165) is 17.1 Å². The van der Waals surface area contributed by atoms with Gasteiger partial charge in [-0.1, -0.05) is 160 Å². The Bertz CT molecular complexity index is 2910. The van der Waals surface area contributed by atoms with Crippen molar-refractivity contribution in [1.29, 1.82) is 0 Å². The summed E-state index contributed by atoms with van der Waals surface area (Å²) in [5.74, 6) is 0. The van der Waals surface area contributed by atoms with Crippen molar-refractivity contribution in [3.8, 4) is 39.1 Å². The molecule has 1 aliphatic carbocycles. The molecule has 0 fully saturated rings. The molecule has 3 heteroatoms. The van der Waals surface area contributed by atoms with Gasteiger partial charge >= 0.3 is 0 Å². The molecule has 1 aromatic heterocycles. The van der Waals surface area contributed by atoms with Crippen molar-refractivity contribution < 1.29 is 0 Å². The fourth-order valence-corrected chi connectivity index (χ4v) is 10.3. The van der Waals surface area contributed by atoms with Crippen LogP contribution in [-0.2, 0) is 5.41 Å². The number of fused-ring (bicyclic) bond motifs is 6. The number of hydrogen-bond acceptors (Lipinski definition) is 1. The van der Waals surface area contributed by atoms with Crippen LogP contribution in [0.1, 0.15) is 25.0 Å². The van der Waals surface area contributed by atoms with Gasteiger partial charge in [0.1, 0.15) is 0 Å². The highest BCUT2D eigenvalue weighted by atomic mass is 28.3. The van der Waals surface area contributed by atoms with Crippen molar-refractivity contribution in [2.24, 2.45) is 0 Å². The number of nitrogens with zero attached hydrogens (tertiary/aromatic N) is 2. The molecule has 2 nitrogen and oxygen atoms in total. The third-order valence-corrected chi connectivity index (χ3v) is 14.2. The second-order valence-corrected chi connectivity index (χ2v) is 22.2. The standard InChI is InChI=1S/C54H46N2Si/c1-54(2)50-35-43(27-31-46(50)47-32-28-44(36-51(47)54)56-52-23-11-9-21-48(52)49-22-10-12-24-53(49)56)55(41-25-29-45(30-26-41)57(3,4)5)42-20-14-19-40(34-42)39-18-13-17-38(33-39)37-15-7-6-8-16-37/h6-36H,1-5H3. The fraction of sp³-hybridized carbons (Fsp3) is 0.111. The average molecular weight is 751 g/mol. The van der Waals surface area contributed by atoms with Gasteiger partial charge in [0.05, 0.1) is 19.1 Å². The van der Waals surface area contributed by atoms with E-state index in [9.17, 15) is 0 Å². The van der Waals surface area contributed by atoms with Gasteiger partial charge in [-0.15, -0.1) is 0 Å². The number of anilines is 3. The first kappa shape index (κ1) is 35.0. The van der Waals surface area contributed by atoms with E-state index in [1.165, 1.54) is 77.2 Å². The Morgan fingerprint density at radius 3 is 1.60 bits per heavy atom. The second kappa shape index (κ2) is 13.4. The fourth-order valence-electron chi connectivity index (χ4n) is 9.08. The maximum Gasteiger partial charge on any atom is 0.0775 e. The maximum atomic E-state index is 2.45. The predicted molar refractivity (Wildman–Crippen MR) is 247 cm³/mol. The van der Waals surface area contributed by atoms with Gasteiger partial charge in [0.15, 0.2) is 0 Å². The molecule has 0 unspecified atom stereocenters. The van der Waals surface area contributed by atoms with E-state index in [-0.39, 0.29) is 5.41 Å². The van der Waals surface area contributed by atoms with Gasteiger partial charge in [0.25, 0.3) is 0 Å². The summed E-state index contributed by atoms with van der Waals surface area (Å²) < 4.78 is 2.43. The van der Waals surface area contributed by atoms with Crippen molar-refractivity contribution in [1.82, 2.24) is 4.57 Å². The molecule has 57 heavy (non-hydrogen) atoms. The molecule has 0 saturated carbocycles. The molecule has 9 aromatic rings. The minimum Gasteiger partial charge on any atom is -0.310 e. The lowest BCUT2D eigenvalue weighted by Gasteiger charge is -2.29. The summed E-state index contributed by atoms with van der Waals surface area (Å²) in [6, 6.07) is 69.7. The van der Waals surface area contributed by atoms with E-state index in [1.54, 1.807) is 0 Å². The zero-order valence-corrected chi connectivity index (χ0v) is 34.3. The van der Waals surface area contributed by atoms with Crippen LogP contribution < -0.4 is 10.1 Å². The van der Waals surface area contributed by atoms with Crippen molar-refractivity contribution in [3.05, 3.63) is 199 Å². The monoisotopic (exact) mass is 750 g/mol. The molecular weight excluding hydrogens is 705 g/mol. The molecule has 0 saturated heterocycles. The lowest BCUT2D eigenvalue weighted by atomic mass is 9.82. The molecule has 8 aromatic carbocycles. The van der Waals surface area contributed by atoms with Gasteiger partial charge in [0, 0.05) is 38.9 Å². The van der Waals surface area contributed by atoms with Gasteiger partial charge in [0.2, 0.25) is 0 Å². The SMILES string of the molecule is CC1(C)c2cc(N(c3ccc([Si](C)(C)C)cc3)c3cccc(-c4cccc(-c5ccccc5)c4)c3)ccc2-c2ccc(-n3c4ccccc4c4ccccc43)cc21. The van der Waals surface area contributed by atoms with Gasteiger partial charge in [-0.2, -0.15) is 0 Å². The van der Waals surface area contributed by atoms with Crippen molar-refractivity contribution in [3.63, 3.8) is 0 Å². The van der Waals surface area contributed by atoms with Crippen LogP contribution in [0.2, 0.25) is 19.6 Å². The molecule has 1 heterocycles. The summed E-state index contributed by atoms with van der Waals surface area (Å²) in [5, 5.41) is 4.03. The highest BCUT2D eigenvalue weighted by Gasteiger charge is 2.36. The van der Waals surface area contributed by atoms with Crippen molar-refractivity contribution >= 4 is 52.1 Å². The molecular formula is C54H46N2Si. The van der Waals surface area contributed by atoms with Crippen LogP contribution in [0.15, 0.2) is 188 Å². The molecule has 0 atom stereocenters. The molecule has 0 radical (unpaired) electrons. The Hall–Kier alpha value is -6.42. The Morgan fingerprint density at radius 2 is 0.930 bits per heavy atom. The van der Waals surface area contributed by atoms with Crippen LogP contribution in [0.25, 0.3) is 60.9 Å². The Kier molecular flexibility index (Phi) is 8.21. The number of hydrogen-bond donors (Lipinski definition) is 0. The molecule has 10 rings (SSSR count). The first-order valence-corrected chi connectivity index (χ1v) is 23.6. The molecule has 0 aliphatic heterocycles. The maximum absolute atomic E-state index is 2.45. The van der Waals surface area contributed by atoms with Crippen LogP contribution >= 0.6 is 0 Å². The molecule has 0 spiro atoms. The minimum absolute atomic E-state index is 0.206. The summed E-state index contributed by atoms with van der Waals surface area (Å²) in [6.07, 6.45) is 0. The van der Waals surface area contributed by atoms with Gasteiger partial charge in [-0.05, 0) is 111 Å². The van der Waals surface area contributed by atoms with Crippen molar-refractivity contribution in [2.75, 3.05) is 4.90 Å². The van der Waals surface area contributed by atoms with Crippen LogP contribution in [0.3, 0.4) is 0 Å². The molecule has 0 N–H and O–H groups in total. The van der Waals surface area contributed by atoms with E-state index in [0.29, 0.717) is 0 Å². The Labute approximate surface area is 337 Å². The summed E-state index contributed by atoms with van der Waals surface area (Å²) in [6.45, 7) is 12.0. The first-order chi connectivity index (χ1) is 27.6. The van der Waals surface area contributed by atoms with Crippen molar-refractivity contribution in [2.45, 2.75) is 38.9 Å². The van der Waals surface area contributed by atoms with Crippen LogP contribution in [-0.4, -0.2) is 12.6 Å². The lowest BCUT2D eigenvalue weighted by Crippen LogP contribution is -2.37. The smallest absolute Gasteiger partial charge is 0.0775 e. The Balaban J connectivity index is 1.08. The second-order valence-electron chi connectivity index (χ2n) is 17.1. The van der Waals surface area contributed by atoms with Gasteiger partial charge in [-0.25, -0.2) is 0 Å². The average Bonchev–Trinajstić information content (AvgIpc) is 3.69. The summed E-state index contributed by atoms with van der Waals surface area (Å²) in [4.78, 5) is 2.45. The quantitative estimate of drug-likeness (QED) is 0.147. The highest BCUT2D eigenvalue weighted by Crippen LogP contribution is 2.51. The number of rotatable bonds is 7. The topological polar surface area (TPSA) is 8.17 Å². The summed E-state index contributed by atoms with van der Waals surface area (Å²) >= 11 is 0. The minimum atomic E-state index is -1.48. The molecule has 276 valence electrons. The molecule has 0 amide bonds. The van der Waals surface area contributed by atoms with Gasteiger partial charge in [-0.3, -0.25) is 0 Å². The third kappa shape index (κ3) is 5.93. The first-order valence-electron chi connectivity index (χ1n) is 20.1. The van der Waals surface area contributed by atoms with E-state index < -0.39 is 8.07 Å². The largest absolute Gasteiger partial charge is 0.310 e. The number of benzene rings is 8. The summed E-state index contributed by atoms with van der Waals surface area (Å²) in [5.41, 5.74) is 17.1. The third-order valence-electron chi connectivity index (χ3n) is 12.1. The predicted octanol–water partition coefficient (Wildman–Crippen LogP) is 14.4. The molecule has 0 bridgehead atoms. The molecule has 1 aliphatic rings. The van der Waals surface area contributed by atoms with E-state index in [2.05, 4.69) is 231 Å². The van der Waals surface area contributed by atoms with Gasteiger partial charge < -0.3 is 9.47 Å². The van der Waals surface area contributed by atoms with E-state index >= 15 is 0 Å². The Morgan fingerprint density at radius 1 is 0.421 bits per heavy atom. The highest BCUT2D eigenvalue weighted by molar-refractivity contribution is 6.88.